The lowest BCUT2D eigenvalue weighted by Gasteiger charge is -2.24. The molecule has 2 unspecified atom stereocenters. The van der Waals surface area contributed by atoms with Gasteiger partial charge in [0, 0.05) is 18.7 Å². The molecule has 2 atom stereocenters. The Kier molecular flexibility index (Phi) is 3.65. The van der Waals surface area contributed by atoms with Crippen molar-refractivity contribution in [1.29, 1.82) is 0 Å². The Labute approximate surface area is 92.7 Å². The van der Waals surface area contributed by atoms with Crippen LogP contribution in [0.4, 0.5) is 0 Å². The number of amides is 2. The summed E-state index contributed by atoms with van der Waals surface area (Å²) in [5.41, 5.74) is 5.39. The largest absolute Gasteiger partial charge is 0.328 e. The Bertz CT molecular complexity index is 320. The van der Waals surface area contributed by atoms with Crippen molar-refractivity contribution in [3.05, 3.63) is 12.2 Å². The van der Waals surface area contributed by atoms with E-state index in [2.05, 4.69) is 12.6 Å². The third-order valence-corrected chi connectivity index (χ3v) is 2.37. The molecule has 0 bridgehead atoms. The molecule has 1 heterocycles. The molecule has 0 saturated heterocycles. The van der Waals surface area contributed by atoms with Crippen molar-refractivity contribution in [2.45, 2.75) is 18.2 Å². The van der Waals surface area contributed by atoms with E-state index in [9.17, 15) is 14.4 Å². The van der Waals surface area contributed by atoms with Gasteiger partial charge in [0.15, 0.2) is 5.78 Å². The van der Waals surface area contributed by atoms with Crippen molar-refractivity contribution in [3.63, 3.8) is 0 Å². The summed E-state index contributed by atoms with van der Waals surface area (Å²) in [6, 6.07) is -0.910. The standard InChI is InChI=1S/C9H12N2O3S/c1-5(15)9(14)6(4-10)11-7(12)2-3-8(11)13/h2-3,5-6,15H,4,10H2,1H3. The van der Waals surface area contributed by atoms with E-state index in [1.165, 1.54) is 0 Å². The first-order valence-electron chi connectivity index (χ1n) is 4.46. The topological polar surface area (TPSA) is 80.5 Å². The third-order valence-electron chi connectivity index (χ3n) is 2.12. The molecule has 2 N–H and O–H groups in total. The van der Waals surface area contributed by atoms with Crippen LogP contribution in [0.3, 0.4) is 0 Å². The van der Waals surface area contributed by atoms with Gasteiger partial charge in [0.1, 0.15) is 6.04 Å². The number of nitrogens with zero attached hydrogens (tertiary/aromatic N) is 1. The Balaban J connectivity index is 2.89. The van der Waals surface area contributed by atoms with E-state index < -0.39 is 23.1 Å². The number of rotatable bonds is 4. The number of carbonyl (C=O) groups excluding carboxylic acids is 3. The Hall–Kier alpha value is -1.14. The van der Waals surface area contributed by atoms with Crippen molar-refractivity contribution in [3.8, 4) is 0 Å². The van der Waals surface area contributed by atoms with Crippen LogP contribution in [0.2, 0.25) is 0 Å². The van der Waals surface area contributed by atoms with Gasteiger partial charge >= 0.3 is 0 Å². The fraction of sp³-hybridized carbons (Fsp3) is 0.444. The second-order valence-electron chi connectivity index (χ2n) is 3.21. The Morgan fingerprint density at radius 1 is 1.47 bits per heavy atom. The zero-order valence-corrected chi connectivity index (χ0v) is 9.11. The average molecular weight is 228 g/mol. The summed E-state index contributed by atoms with van der Waals surface area (Å²) in [7, 11) is 0. The lowest BCUT2D eigenvalue weighted by molar-refractivity contribution is -0.144. The molecule has 0 radical (unpaired) electrons. The second kappa shape index (κ2) is 4.59. The number of nitrogens with two attached hydrogens (primary N) is 1. The highest BCUT2D eigenvalue weighted by molar-refractivity contribution is 7.81. The molecule has 82 valence electrons. The molecule has 0 aliphatic carbocycles. The summed E-state index contributed by atoms with van der Waals surface area (Å²) in [5.74, 6) is -1.33. The molecule has 0 aromatic heterocycles. The molecule has 1 rings (SSSR count). The van der Waals surface area contributed by atoms with E-state index in [1.807, 2.05) is 0 Å². The van der Waals surface area contributed by atoms with Crippen LogP contribution in [0, 0.1) is 0 Å². The van der Waals surface area contributed by atoms with Gasteiger partial charge in [-0.3, -0.25) is 19.3 Å². The number of carbonyl (C=O) groups is 3. The molecular weight excluding hydrogens is 216 g/mol. The minimum Gasteiger partial charge on any atom is -0.328 e. The maximum atomic E-state index is 11.6. The summed E-state index contributed by atoms with van der Waals surface area (Å²) >= 11 is 3.96. The molecule has 6 heteroatoms. The summed E-state index contributed by atoms with van der Waals surface area (Å²) in [5, 5.41) is -0.556. The van der Waals surface area contributed by atoms with E-state index in [0.29, 0.717) is 0 Å². The van der Waals surface area contributed by atoms with Crippen molar-refractivity contribution in [2.24, 2.45) is 5.73 Å². The molecule has 15 heavy (non-hydrogen) atoms. The zero-order valence-electron chi connectivity index (χ0n) is 8.21. The highest BCUT2D eigenvalue weighted by atomic mass is 32.1. The molecule has 0 fully saturated rings. The minimum atomic E-state index is -0.910. The predicted octanol–water partition coefficient (Wildman–Crippen LogP) is -0.874. The number of ketones is 1. The normalized spacial score (nSPS) is 19.5. The van der Waals surface area contributed by atoms with Gasteiger partial charge < -0.3 is 5.73 Å². The summed E-state index contributed by atoms with van der Waals surface area (Å²) in [6.07, 6.45) is 2.25. The van der Waals surface area contributed by atoms with Gasteiger partial charge in [0.25, 0.3) is 11.8 Å². The fourth-order valence-corrected chi connectivity index (χ4v) is 1.52. The molecule has 1 aliphatic heterocycles. The maximum absolute atomic E-state index is 11.6. The first kappa shape index (κ1) is 11.9. The summed E-state index contributed by atoms with van der Waals surface area (Å²) in [6.45, 7) is 1.50. The van der Waals surface area contributed by atoms with E-state index in [1.54, 1.807) is 6.92 Å². The van der Waals surface area contributed by atoms with Crippen LogP contribution in [-0.2, 0) is 14.4 Å². The zero-order chi connectivity index (χ0) is 11.6. The van der Waals surface area contributed by atoms with Gasteiger partial charge in [0.05, 0.1) is 5.25 Å². The van der Waals surface area contributed by atoms with Crippen LogP contribution in [0.1, 0.15) is 6.92 Å². The predicted molar refractivity (Wildman–Crippen MR) is 57.3 cm³/mol. The Morgan fingerprint density at radius 3 is 2.27 bits per heavy atom. The molecular formula is C9H12N2O3S. The van der Waals surface area contributed by atoms with Gasteiger partial charge in [0.2, 0.25) is 0 Å². The van der Waals surface area contributed by atoms with Crippen molar-refractivity contribution in [1.82, 2.24) is 4.90 Å². The van der Waals surface area contributed by atoms with Crippen molar-refractivity contribution in [2.75, 3.05) is 6.54 Å². The first-order chi connectivity index (χ1) is 6.99. The molecule has 0 aromatic carbocycles. The number of Topliss-reactive ketones (excluding diaryl/α,β-unsaturated/α-hetero) is 1. The van der Waals surface area contributed by atoms with E-state index in [0.717, 1.165) is 17.1 Å². The third kappa shape index (κ3) is 2.27. The van der Waals surface area contributed by atoms with Crippen molar-refractivity contribution < 1.29 is 14.4 Å². The summed E-state index contributed by atoms with van der Waals surface area (Å²) in [4.78, 5) is 35.1. The molecule has 5 nitrogen and oxygen atoms in total. The number of hydrogen-bond acceptors (Lipinski definition) is 5. The lowest BCUT2D eigenvalue weighted by Crippen LogP contribution is -2.51. The van der Waals surface area contributed by atoms with E-state index in [-0.39, 0.29) is 12.3 Å². The van der Waals surface area contributed by atoms with Crippen LogP contribution in [-0.4, -0.2) is 40.3 Å². The van der Waals surface area contributed by atoms with Crippen molar-refractivity contribution >= 4 is 30.2 Å². The number of hydrogen-bond donors (Lipinski definition) is 2. The van der Waals surface area contributed by atoms with Gasteiger partial charge in [-0.05, 0) is 6.92 Å². The van der Waals surface area contributed by atoms with Gasteiger partial charge in [-0.1, -0.05) is 0 Å². The number of thiol groups is 1. The smallest absolute Gasteiger partial charge is 0.254 e. The molecule has 1 aliphatic rings. The summed E-state index contributed by atoms with van der Waals surface area (Å²) < 4.78 is 0. The highest BCUT2D eigenvalue weighted by Gasteiger charge is 2.35. The molecule has 0 saturated carbocycles. The van der Waals surface area contributed by atoms with Crippen LogP contribution in [0.15, 0.2) is 12.2 Å². The quantitative estimate of drug-likeness (QED) is 0.484. The highest BCUT2D eigenvalue weighted by Crippen LogP contribution is 2.12. The van der Waals surface area contributed by atoms with Gasteiger partial charge in [-0.25, -0.2) is 0 Å². The molecule has 0 spiro atoms. The first-order valence-corrected chi connectivity index (χ1v) is 4.97. The lowest BCUT2D eigenvalue weighted by atomic mass is 10.1. The van der Waals surface area contributed by atoms with Gasteiger partial charge in [-0.2, -0.15) is 12.6 Å². The fourth-order valence-electron chi connectivity index (χ4n) is 1.35. The molecule has 0 aromatic rings. The van der Waals surface area contributed by atoms with Crippen LogP contribution >= 0.6 is 12.6 Å². The van der Waals surface area contributed by atoms with Crippen LogP contribution in [0.5, 0.6) is 0 Å². The van der Waals surface area contributed by atoms with Gasteiger partial charge in [-0.15, -0.1) is 0 Å². The van der Waals surface area contributed by atoms with E-state index in [4.69, 9.17) is 5.73 Å². The maximum Gasteiger partial charge on any atom is 0.254 e. The second-order valence-corrected chi connectivity index (χ2v) is 3.98. The molecule has 2 amide bonds. The van der Waals surface area contributed by atoms with Crippen LogP contribution < -0.4 is 5.73 Å². The van der Waals surface area contributed by atoms with Crippen LogP contribution in [0.25, 0.3) is 0 Å². The number of imide groups is 1. The SMILES string of the molecule is CC(S)C(=O)C(CN)N1C(=O)C=CC1=O. The minimum absolute atomic E-state index is 0.0805. The monoisotopic (exact) mass is 228 g/mol. The Morgan fingerprint density at radius 2 is 1.93 bits per heavy atom. The average Bonchev–Trinajstić information content (AvgIpc) is 2.50. The van der Waals surface area contributed by atoms with E-state index >= 15 is 0 Å².